The first-order valence-corrected chi connectivity index (χ1v) is 7.86. The number of rotatable bonds is 5. The Hall–Kier alpha value is -2.83. The highest BCUT2D eigenvalue weighted by molar-refractivity contribution is 6.30. The first-order valence-electron chi connectivity index (χ1n) is 7.48. The van der Waals surface area contributed by atoms with E-state index in [0.29, 0.717) is 16.4 Å². The lowest BCUT2D eigenvalue weighted by molar-refractivity contribution is 0.234. The molecule has 1 aromatic carbocycles. The number of benzene rings is 1. The van der Waals surface area contributed by atoms with E-state index >= 15 is 0 Å². The van der Waals surface area contributed by atoms with Gasteiger partial charge in [-0.25, -0.2) is 0 Å². The van der Waals surface area contributed by atoms with Crippen LogP contribution in [0.1, 0.15) is 23.3 Å². The van der Waals surface area contributed by atoms with Crippen molar-refractivity contribution in [1.82, 2.24) is 4.98 Å². The van der Waals surface area contributed by atoms with Crippen LogP contribution >= 0.6 is 11.6 Å². The number of aromatic hydroxyl groups is 1. The fourth-order valence-corrected chi connectivity index (χ4v) is 2.58. The number of nitrogens with zero attached hydrogens (tertiary/aromatic N) is 1. The van der Waals surface area contributed by atoms with Crippen LogP contribution in [0.4, 0.5) is 5.69 Å². The summed E-state index contributed by atoms with van der Waals surface area (Å²) in [7, 11) is 0. The lowest BCUT2D eigenvalue weighted by Crippen LogP contribution is -2.17. The van der Waals surface area contributed by atoms with E-state index in [4.69, 9.17) is 16.0 Å². The Morgan fingerprint density at radius 2 is 2.04 bits per heavy atom. The summed E-state index contributed by atoms with van der Waals surface area (Å²) in [5.74, 6) is -0.524. The average molecular weight is 359 g/mol. The van der Waals surface area contributed by atoms with Crippen LogP contribution in [0.25, 0.3) is 0 Å². The second-order valence-corrected chi connectivity index (χ2v) is 5.73. The topological polar surface area (TPSA) is 95.6 Å². The number of halogens is 1. The minimum atomic E-state index is -0.751. The van der Waals surface area contributed by atoms with E-state index in [1.54, 1.807) is 48.7 Å². The highest BCUT2D eigenvalue weighted by Gasteiger charge is 2.24. The molecule has 3 rings (SSSR count). The molecule has 0 bridgehead atoms. The molecule has 7 heteroatoms. The van der Waals surface area contributed by atoms with E-state index in [1.165, 1.54) is 0 Å². The molecule has 0 fully saturated rings. The Bertz CT molecular complexity index is 928. The molecule has 0 saturated heterocycles. The van der Waals surface area contributed by atoms with Crippen LogP contribution in [0.5, 0.6) is 5.75 Å². The minimum absolute atomic E-state index is 0.0322. The van der Waals surface area contributed by atoms with Crippen molar-refractivity contribution in [3.05, 3.63) is 87.2 Å². The summed E-state index contributed by atoms with van der Waals surface area (Å²) in [4.78, 5) is 16.2. The fourth-order valence-electron chi connectivity index (χ4n) is 2.39. The molecular weight excluding hydrogens is 344 g/mol. The van der Waals surface area contributed by atoms with Gasteiger partial charge >= 0.3 is 0 Å². The molecule has 2 aromatic heterocycles. The van der Waals surface area contributed by atoms with Gasteiger partial charge in [-0.3, -0.25) is 9.78 Å². The largest absolute Gasteiger partial charge is 0.502 e. The van der Waals surface area contributed by atoms with E-state index in [2.05, 4.69) is 10.3 Å². The van der Waals surface area contributed by atoms with Crippen LogP contribution in [0.2, 0.25) is 5.02 Å². The zero-order valence-electron chi connectivity index (χ0n) is 13.0. The number of hydrogen-bond acceptors (Lipinski definition) is 6. The van der Waals surface area contributed by atoms with Gasteiger partial charge in [-0.1, -0.05) is 23.7 Å². The summed E-state index contributed by atoms with van der Waals surface area (Å²) in [6, 6.07) is 12.5. The first kappa shape index (κ1) is 17.0. The Morgan fingerprint density at radius 3 is 2.72 bits per heavy atom. The number of aliphatic hydroxyl groups is 1. The number of pyridine rings is 1. The molecule has 0 spiro atoms. The number of nitrogens with one attached hydrogen (secondary N) is 1. The standard InChI is InChI=1S/C18H15ClN2O4/c19-11-4-3-5-12(8-11)21-16(14-6-1-2-7-20-14)18-17(24)15(23)9-13(10-22)25-18/h1-9,16,21-22,24H,10H2. The molecule has 0 aliphatic rings. The highest BCUT2D eigenvalue weighted by Crippen LogP contribution is 2.31. The van der Waals surface area contributed by atoms with Gasteiger partial charge in [-0.15, -0.1) is 0 Å². The first-order chi connectivity index (χ1) is 12.1. The van der Waals surface area contributed by atoms with Crippen LogP contribution in [0.15, 0.2) is 63.9 Å². The summed E-state index contributed by atoms with van der Waals surface area (Å²) >= 11 is 6.01. The molecule has 0 saturated carbocycles. The summed E-state index contributed by atoms with van der Waals surface area (Å²) in [5, 5.41) is 23.2. The number of hydrogen-bond donors (Lipinski definition) is 3. The maximum absolute atomic E-state index is 12.0. The van der Waals surface area contributed by atoms with Crippen LogP contribution in [-0.4, -0.2) is 15.2 Å². The van der Waals surface area contributed by atoms with E-state index in [9.17, 15) is 15.0 Å². The molecule has 0 aliphatic carbocycles. The summed E-state index contributed by atoms with van der Waals surface area (Å²) in [5.41, 5.74) is 0.537. The molecule has 0 aliphatic heterocycles. The molecule has 6 nitrogen and oxygen atoms in total. The lowest BCUT2D eigenvalue weighted by Gasteiger charge is -2.20. The van der Waals surface area contributed by atoms with Crippen LogP contribution in [-0.2, 0) is 6.61 Å². The molecule has 0 radical (unpaired) electrons. The molecule has 128 valence electrons. The van der Waals surface area contributed by atoms with Crippen molar-refractivity contribution in [3.63, 3.8) is 0 Å². The highest BCUT2D eigenvalue weighted by atomic mass is 35.5. The smallest absolute Gasteiger partial charge is 0.227 e. The van der Waals surface area contributed by atoms with Gasteiger partial charge in [0.1, 0.15) is 18.4 Å². The van der Waals surface area contributed by atoms with Gasteiger partial charge in [0.2, 0.25) is 11.2 Å². The van der Waals surface area contributed by atoms with Gasteiger partial charge in [0.15, 0.2) is 5.76 Å². The SMILES string of the molecule is O=c1cc(CO)oc(C(Nc2cccc(Cl)c2)c2ccccn2)c1O. The van der Waals surface area contributed by atoms with Crippen LogP contribution < -0.4 is 10.7 Å². The second-order valence-electron chi connectivity index (χ2n) is 5.29. The van der Waals surface area contributed by atoms with E-state index in [-0.39, 0.29) is 11.5 Å². The molecule has 2 heterocycles. The van der Waals surface area contributed by atoms with Gasteiger partial charge < -0.3 is 19.9 Å². The maximum atomic E-state index is 12.0. The van der Waals surface area contributed by atoms with E-state index < -0.39 is 23.8 Å². The summed E-state index contributed by atoms with van der Waals surface area (Å²) < 4.78 is 5.52. The van der Waals surface area contributed by atoms with E-state index in [0.717, 1.165) is 6.07 Å². The summed E-state index contributed by atoms with van der Waals surface area (Å²) in [6.45, 7) is -0.464. The van der Waals surface area contributed by atoms with Crippen LogP contribution in [0.3, 0.4) is 0 Å². The normalized spacial score (nSPS) is 11.9. The summed E-state index contributed by atoms with van der Waals surface area (Å²) in [6.07, 6.45) is 1.59. The molecular formula is C18H15ClN2O4. The number of aliphatic hydroxyl groups excluding tert-OH is 1. The zero-order valence-corrected chi connectivity index (χ0v) is 13.8. The molecule has 3 aromatic rings. The van der Waals surface area contributed by atoms with Crippen molar-refractivity contribution in [2.45, 2.75) is 12.6 Å². The third-order valence-electron chi connectivity index (χ3n) is 3.54. The van der Waals surface area contributed by atoms with Gasteiger partial charge in [-0.2, -0.15) is 0 Å². The van der Waals surface area contributed by atoms with Crippen molar-refractivity contribution >= 4 is 17.3 Å². The Labute approximate surface area is 148 Å². The predicted molar refractivity (Wildman–Crippen MR) is 93.7 cm³/mol. The third kappa shape index (κ3) is 3.81. The number of anilines is 1. The Kier molecular flexibility index (Phi) is 5.02. The lowest BCUT2D eigenvalue weighted by atomic mass is 10.1. The Morgan fingerprint density at radius 1 is 1.20 bits per heavy atom. The van der Waals surface area contributed by atoms with Gasteiger partial charge in [0.05, 0.1) is 5.69 Å². The molecule has 1 unspecified atom stereocenters. The second kappa shape index (κ2) is 7.38. The molecule has 3 N–H and O–H groups in total. The monoisotopic (exact) mass is 358 g/mol. The number of aromatic nitrogens is 1. The van der Waals surface area contributed by atoms with Crippen molar-refractivity contribution < 1.29 is 14.6 Å². The van der Waals surface area contributed by atoms with Crippen molar-refractivity contribution in [2.75, 3.05) is 5.32 Å². The van der Waals surface area contributed by atoms with Gasteiger partial charge in [-0.05, 0) is 30.3 Å². The van der Waals surface area contributed by atoms with Crippen molar-refractivity contribution in [2.24, 2.45) is 0 Å². The quantitative estimate of drug-likeness (QED) is 0.648. The average Bonchev–Trinajstić information content (AvgIpc) is 2.63. The Balaban J connectivity index is 2.12. The molecule has 1 atom stereocenters. The third-order valence-corrected chi connectivity index (χ3v) is 3.77. The van der Waals surface area contributed by atoms with Crippen LogP contribution in [0, 0.1) is 0 Å². The zero-order chi connectivity index (χ0) is 17.8. The molecule has 0 amide bonds. The van der Waals surface area contributed by atoms with Crippen molar-refractivity contribution in [1.29, 1.82) is 0 Å². The van der Waals surface area contributed by atoms with Gasteiger partial charge in [0, 0.05) is 23.0 Å². The predicted octanol–water partition coefficient (Wildman–Crippen LogP) is 3.09. The van der Waals surface area contributed by atoms with Gasteiger partial charge in [0.25, 0.3) is 0 Å². The van der Waals surface area contributed by atoms with E-state index in [1.807, 2.05) is 0 Å². The fraction of sp³-hybridized carbons (Fsp3) is 0.111. The van der Waals surface area contributed by atoms with Crippen molar-refractivity contribution in [3.8, 4) is 5.75 Å². The maximum Gasteiger partial charge on any atom is 0.227 e. The molecule has 25 heavy (non-hydrogen) atoms. The minimum Gasteiger partial charge on any atom is -0.502 e.